The number of carbonyl (C=O) groups is 7. The Bertz CT molecular complexity index is 2700. The summed E-state index contributed by atoms with van der Waals surface area (Å²) >= 11 is 0. The normalized spacial score (nSPS) is 17.1. The summed E-state index contributed by atoms with van der Waals surface area (Å²) in [5.74, 6) is -1.37. The minimum absolute atomic E-state index is 0.0258. The Balaban J connectivity index is 0.993. The number of unbranched alkanes of at least 4 members (excludes halogenated alkanes) is 1. The fraction of sp³-hybridized carbons (Fsp3) is 0.436. The fourth-order valence-corrected chi connectivity index (χ4v) is 9.76. The predicted octanol–water partition coefficient (Wildman–Crippen LogP) is 6.31. The molecule has 19 heteroatoms. The molecule has 0 bridgehead atoms. The van der Waals surface area contributed by atoms with Crippen LogP contribution >= 0.6 is 0 Å². The van der Waals surface area contributed by atoms with Gasteiger partial charge in [-0.3, -0.25) is 39.0 Å². The molecule has 2 saturated heterocycles. The molecule has 3 heterocycles. The smallest absolute Gasteiger partial charge is 0.329 e. The van der Waals surface area contributed by atoms with Crippen LogP contribution in [0.3, 0.4) is 0 Å². The SMILES string of the molecule is CC[C@H](C(=O)N1CCCC[C@H]1C(=O)O[C@H](CCc1ccc(OC)c(OC)c1)c1ccccc1OCC(=O)NCCCCNc1cccc2c1C(=O)N(C1CCC(=O)NC1=O)C2=O)c1cc(OC)c(OC)c(OC)c1. The first kappa shape index (κ1) is 54.0. The van der Waals surface area contributed by atoms with Crippen LogP contribution in [0.5, 0.6) is 34.5 Å². The van der Waals surface area contributed by atoms with Gasteiger partial charge in [-0.05, 0) is 111 Å². The van der Waals surface area contributed by atoms with E-state index in [1.807, 2.05) is 25.1 Å². The number of esters is 1. The molecule has 0 saturated carbocycles. The van der Waals surface area contributed by atoms with E-state index in [9.17, 15) is 33.6 Å². The van der Waals surface area contributed by atoms with Crippen molar-refractivity contribution in [2.24, 2.45) is 0 Å². The van der Waals surface area contributed by atoms with Crippen LogP contribution in [0.25, 0.3) is 0 Å². The van der Waals surface area contributed by atoms with E-state index < -0.39 is 53.7 Å². The van der Waals surface area contributed by atoms with Gasteiger partial charge in [0.15, 0.2) is 29.6 Å². The molecule has 3 aliphatic rings. The van der Waals surface area contributed by atoms with Crippen LogP contribution in [-0.2, 0) is 35.1 Å². The van der Waals surface area contributed by atoms with Gasteiger partial charge >= 0.3 is 5.97 Å². The molecule has 1 unspecified atom stereocenters. The van der Waals surface area contributed by atoms with Gasteiger partial charge in [0.05, 0.1) is 52.6 Å². The average Bonchev–Trinajstić information content (AvgIpc) is 3.67. The Kier molecular flexibility index (Phi) is 18.4. The first-order chi connectivity index (χ1) is 35.8. The Labute approximate surface area is 430 Å². The lowest BCUT2D eigenvalue weighted by Gasteiger charge is -2.37. The van der Waals surface area contributed by atoms with Crippen LogP contribution in [0.2, 0.25) is 0 Å². The van der Waals surface area contributed by atoms with Gasteiger partial charge in [0, 0.05) is 37.3 Å². The second-order valence-corrected chi connectivity index (χ2v) is 18.1. The van der Waals surface area contributed by atoms with Crippen LogP contribution in [0.4, 0.5) is 5.69 Å². The lowest BCUT2D eigenvalue weighted by molar-refractivity contribution is -0.162. The standard InChI is InChI=1S/C55H65N5O14/c1-7-35(34-30-45(70-4)50(72-6)46(31-34)71-5)52(64)59-28-13-10-18-40(59)55(67)74-42(23-20-33-21-24-43(68-2)44(29-33)69-3)36-15-8-9-19-41(36)73-32-48(62)57-27-12-11-26-56-38-17-14-16-37-49(38)54(66)60(53(37)65)39-22-25-47(61)58-51(39)63/h8-9,14-17,19,21,24,29-31,35,39-40,42,56H,7,10-13,18,20,22-23,25-28,32H2,1-6H3,(H,57,62)(H,58,61,63)/t35-,39?,40-,42+/m0/s1. The van der Waals surface area contributed by atoms with Crippen molar-refractivity contribution in [3.63, 3.8) is 0 Å². The maximum absolute atomic E-state index is 14.6. The van der Waals surface area contributed by atoms with Crippen molar-refractivity contribution >= 4 is 47.1 Å². The van der Waals surface area contributed by atoms with E-state index in [0.717, 1.165) is 23.3 Å². The number of benzene rings is 4. The predicted molar refractivity (Wildman–Crippen MR) is 271 cm³/mol. The molecule has 19 nitrogen and oxygen atoms in total. The first-order valence-electron chi connectivity index (χ1n) is 24.9. The number of carbonyl (C=O) groups excluding carboxylic acids is 7. The minimum Gasteiger partial charge on any atom is -0.493 e. The van der Waals surface area contributed by atoms with Crippen LogP contribution in [0.15, 0.2) is 72.8 Å². The van der Waals surface area contributed by atoms with Crippen molar-refractivity contribution in [3.8, 4) is 34.5 Å². The van der Waals surface area contributed by atoms with Crippen molar-refractivity contribution in [1.82, 2.24) is 20.4 Å². The van der Waals surface area contributed by atoms with Crippen LogP contribution in [0.1, 0.15) is 114 Å². The zero-order valence-corrected chi connectivity index (χ0v) is 42.7. The molecule has 0 spiro atoms. The largest absolute Gasteiger partial charge is 0.493 e. The number of nitrogens with zero attached hydrogens (tertiary/aromatic N) is 2. The quantitative estimate of drug-likeness (QED) is 0.0397. The number of ether oxygens (including phenoxy) is 7. The molecular formula is C55H65N5O14. The third kappa shape index (κ3) is 12.2. The number of anilines is 1. The van der Waals surface area contributed by atoms with Crippen molar-refractivity contribution < 1.29 is 66.7 Å². The van der Waals surface area contributed by atoms with E-state index in [-0.39, 0.29) is 42.4 Å². The summed E-state index contributed by atoms with van der Waals surface area (Å²) in [6, 6.07) is 19.2. The summed E-state index contributed by atoms with van der Waals surface area (Å²) in [7, 11) is 7.67. The van der Waals surface area contributed by atoms with Gasteiger partial charge in [-0.25, -0.2) is 4.79 Å². The summed E-state index contributed by atoms with van der Waals surface area (Å²) in [5.41, 5.74) is 2.91. The Morgan fingerprint density at radius 3 is 2.19 bits per heavy atom. The lowest BCUT2D eigenvalue weighted by Crippen LogP contribution is -2.54. The zero-order valence-electron chi connectivity index (χ0n) is 42.7. The van der Waals surface area contributed by atoms with E-state index in [1.54, 1.807) is 67.7 Å². The summed E-state index contributed by atoms with van der Waals surface area (Å²) in [6.07, 6.45) is 3.46. The molecule has 3 aliphatic heterocycles. The number of amides is 6. The van der Waals surface area contributed by atoms with Crippen LogP contribution in [0, 0.1) is 0 Å². The Morgan fingerprint density at radius 2 is 1.49 bits per heavy atom. The van der Waals surface area contributed by atoms with Crippen molar-refractivity contribution in [1.29, 1.82) is 0 Å². The third-order valence-electron chi connectivity index (χ3n) is 13.6. The van der Waals surface area contributed by atoms with Gasteiger partial charge in [0.1, 0.15) is 23.9 Å². The number of rotatable bonds is 24. The Morgan fingerprint density at radius 1 is 0.757 bits per heavy atom. The maximum Gasteiger partial charge on any atom is 0.329 e. The van der Waals surface area contributed by atoms with Gasteiger partial charge in [0.25, 0.3) is 17.7 Å². The number of hydrogen-bond acceptors (Lipinski definition) is 15. The number of fused-ring (bicyclic) bond motifs is 1. The molecule has 0 aliphatic carbocycles. The molecular weight excluding hydrogens is 955 g/mol. The molecule has 4 atom stereocenters. The van der Waals surface area contributed by atoms with Crippen LogP contribution in [-0.4, -0.2) is 125 Å². The van der Waals surface area contributed by atoms with E-state index >= 15 is 0 Å². The van der Waals surface area contributed by atoms with Crippen molar-refractivity contribution in [3.05, 3.63) is 101 Å². The minimum atomic E-state index is -1.07. The van der Waals surface area contributed by atoms with E-state index in [1.165, 1.54) is 27.4 Å². The fourth-order valence-electron chi connectivity index (χ4n) is 9.76. The molecule has 0 radical (unpaired) electrons. The topological polar surface area (TPSA) is 227 Å². The van der Waals surface area contributed by atoms with Gasteiger partial charge in [0.2, 0.25) is 23.5 Å². The maximum atomic E-state index is 14.6. The average molecular weight is 1020 g/mol. The zero-order chi connectivity index (χ0) is 52.9. The highest BCUT2D eigenvalue weighted by Gasteiger charge is 2.46. The first-order valence-corrected chi connectivity index (χ1v) is 24.9. The van der Waals surface area contributed by atoms with Crippen molar-refractivity contribution in [2.45, 2.75) is 95.2 Å². The monoisotopic (exact) mass is 1020 g/mol. The molecule has 7 rings (SSSR count). The molecule has 6 amide bonds. The summed E-state index contributed by atoms with van der Waals surface area (Å²) in [4.78, 5) is 95.8. The number of nitrogens with one attached hydrogen (secondary N) is 3. The van der Waals surface area contributed by atoms with Gasteiger partial charge in [-0.15, -0.1) is 0 Å². The van der Waals surface area contributed by atoms with Gasteiger partial charge < -0.3 is 48.7 Å². The number of para-hydroxylation sites is 1. The van der Waals surface area contributed by atoms with Crippen LogP contribution < -0.4 is 44.4 Å². The number of piperidine rings is 2. The summed E-state index contributed by atoms with van der Waals surface area (Å²) in [6.45, 7) is 2.69. The second-order valence-electron chi connectivity index (χ2n) is 18.1. The van der Waals surface area contributed by atoms with Gasteiger partial charge in [-0.1, -0.05) is 37.3 Å². The molecule has 4 aromatic carbocycles. The Hall–Kier alpha value is -7.83. The molecule has 394 valence electrons. The highest BCUT2D eigenvalue weighted by Crippen LogP contribution is 2.42. The second kappa shape index (κ2) is 25.2. The number of hydrogen-bond donors (Lipinski definition) is 3. The number of likely N-dealkylation sites (tertiary alicyclic amines) is 1. The number of methoxy groups -OCH3 is 5. The van der Waals surface area contributed by atoms with E-state index in [2.05, 4.69) is 16.0 Å². The molecule has 4 aromatic rings. The molecule has 0 aromatic heterocycles. The highest BCUT2D eigenvalue weighted by molar-refractivity contribution is 6.25. The number of aryl methyl sites for hydroxylation is 1. The summed E-state index contributed by atoms with van der Waals surface area (Å²) in [5, 5.41) is 8.31. The third-order valence-corrected chi connectivity index (χ3v) is 13.6. The molecule has 2 fully saturated rings. The summed E-state index contributed by atoms with van der Waals surface area (Å²) < 4.78 is 40.3. The lowest BCUT2D eigenvalue weighted by atomic mass is 9.91. The number of imide groups is 2. The molecule has 74 heavy (non-hydrogen) atoms. The van der Waals surface area contributed by atoms with Crippen molar-refractivity contribution in [2.75, 3.05) is 67.1 Å². The molecule has 3 N–H and O–H groups in total. The van der Waals surface area contributed by atoms with Gasteiger partial charge in [-0.2, -0.15) is 0 Å². The van der Waals surface area contributed by atoms with E-state index in [0.29, 0.717) is 109 Å². The van der Waals surface area contributed by atoms with E-state index in [4.69, 9.17) is 33.2 Å². The highest BCUT2D eigenvalue weighted by atomic mass is 16.6.